The predicted molar refractivity (Wildman–Crippen MR) is 91.5 cm³/mol. The van der Waals surface area contributed by atoms with Crippen molar-refractivity contribution in [1.29, 1.82) is 0 Å². The van der Waals surface area contributed by atoms with Crippen LogP contribution >= 0.6 is 0 Å². The summed E-state index contributed by atoms with van der Waals surface area (Å²) in [5.74, 6) is -2.58. The molecule has 24 heavy (non-hydrogen) atoms. The number of ether oxygens (including phenoxy) is 1. The van der Waals surface area contributed by atoms with Gasteiger partial charge < -0.3 is 14.9 Å². The van der Waals surface area contributed by atoms with Gasteiger partial charge in [-0.05, 0) is 44.0 Å². The van der Waals surface area contributed by atoms with Gasteiger partial charge in [-0.25, -0.2) is 9.59 Å². The van der Waals surface area contributed by atoms with Crippen LogP contribution in [-0.2, 0) is 16.0 Å². The second kappa shape index (κ2) is 11.5. The molecule has 1 heterocycles. The number of hydrogen-bond acceptors (Lipinski definition) is 4. The van der Waals surface area contributed by atoms with E-state index in [-0.39, 0.29) is 0 Å². The van der Waals surface area contributed by atoms with Crippen LogP contribution in [-0.4, -0.2) is 53.3 Å². The molecule has 0 aliphatic carbocycles. The number of carboxylic acids is 2. The summed E-state index contributed by atoms with van der Waals surface area (Å²) >= 11 is 0. The summed E-state index contributed by atoms with van der Waals surface area (Å²) in [5.41, 5.74) is 1.31. The summed E-state index contributed by atoms with van der Waals surface area (Å²) in [6.45, 7) is 6.56. The van der Waals surface area contributed by atoms with Gasteiger partial charge in [-0.1, -0.05) is 38.0 Å². The van der Waals surface area contributed by atoms with Crippen LogP contribution in [0.15, 0.2) is 24.3 Å². The molecule has 1 aliphatic heterocycles. The molecular formula is C18H27NO5. The lowest BCUT2D eigenvalue weighted by molar-refractivity contribution is -0.159. The average Bonchev–Trinajstić information content (AvgIpc) is 2.84. The molecule has 0 atom stereocenters. The minimum atomic E-state index is -1.82. The molecule has 6 heteroatoms. The van der Waals surface area contributed by atoms with Crippen LogP contribution < -0.4 is 4.74 Å². The van der Waals surface area contributed by atoms with Crippen LogP contribution in [0.3, 0.4) is 0 Å². The lowest BCUT2D eigenvalue weighted by atomic mass is 10.1. The molecule has 0 spiro atoms. The van der Waals surface area contributed by atoms with Crippen molar-refractivity contribution in [2.45, 2.75) is 39.0 Å². The van der Waals surface area contributed by atoms with Gasteiger partial charge in [0.2, 0.25) is 0 Å². The summed E-state index contributed by atoms with van der Waals surface area (Å²) < 4.78 is 5.93. The van der Waals surface area contributed by atoms with Gasteiger partial charge in [0.1, 0.15) is 12.4 Å². The molecule has 2 N–H and O–H groups in total. The Morgan fingerprint density at radius 2 is 1.62 bits per heavy atom. The van der Waals surface area contributed by atoms with E-state index in [0.29, 0.717) is 0 Å². The molecule has 1 aromatic carbocycles. The van der Waals surface area contributed by atoms with E-state index in [2.05, 4.69) is 36.1 Å². The maximum absolute atomic E-state index is 9.10. The number of para-hydroxylation sites is 1. The van der Waals surface area contributed by atoms with E-state index in [1.807, 2.05) is 0 Å². The highest BCUT2D eigenvalue weighted by molar-refractivity contribution is 6.27. The number of carboxylic acid groups (broad SMARTS) is 2. The van der Waals surface area contributed by atoms with E-state index in [9.17, 15) is 0 Å². The molecule has 0 amide bonds. The maximum Gasteiger partial charge on any atom is 0.414 e. The Morgan fingerprint density at radius 1 is 1.04 bits per heavy atom. The zero-order valence-electron chi connectivity index (χ0n) is 14.2. The molecule has 0 bridgehead atoms. The van der Waals surface area contributed by atoms with E-state index >= 15 is 0 Å². The Labute approximate surface area is 143 Å². The molecule has 1 fully saturated rings. The van der Waals surface area contributed by atoms with Crippen LogP contribution in [0.25, 0.3) is 0 Å². The Bertz CT molecular complexity index is 498. The van der Waals surface area contributed by atoms with E-state index in [1.54, 1.807) is 0 Å². The van der Waals surface area contributed by atoms with Crippen molar-refractivity contribution in [3.8, 4) is 5.75 Å². The van der Waals surface area contributed by atoms with Gasteiger partial charge in [-0.15, -0.1) is 0 Å². The SMILES string of the molecule is CCc1ccccc1OCCN1CCCCCC1.O=C(O)C(=O)O. The van der Waals surface area contributed by atoms with Crippen molar-refractivity contribution in [2.75, 3.05) is 26.2 Å². The Balaban J connectivity index is 0.000000413. The van der Waals surface area contributed by atoms with Crippen molar-refractivity contribution < 1.29 is 24.5 Å². The standard InChI is InChI=1S/C16H25NO.C2H2O4/c1-2-15-9-5-6-10-16(15)18-14-13-17-11-7-3-4-8-12-17;3-1(4)2(5)6/h5-6,9-10H,2-4,7-8,11-14H2,1H3;(H,3,4)(H,5,6). The van der Waals surface area contributed by atoms with E-state index < -0.39 is 11.9 Å². The number of nitrogens with zero attached hydrogens (tertiary/aromatic N) is 1. The van der Waals surface area contributed by atoms with Crippen molar-refractivity contribution >= 4 is 11.9 Å². The molecule has 1 aliphatic rings. The highest BCUT2D eigenvalue weighted by Crippen LogP contribution is 2.18. The minimum Gasteiger partial charge on any atom is -0.492 e. The Kier molecular flexibility index (Phi) is 9.53. The highest BCUT2D eigenvalue weighted by atomic mass is 16.5. The second-order valence-electron chi connectivity index (χ2n) is 5.68. The first-order chi connectivity index (χ1) is 11.5. The normalized spacial score (nSPS) is 14.9. The third-order valence-corrected chi connectivity index (χ3v) is 3.90. The lowest BCUT2D eigenvalue weighted by Crippen LogP contribution is -2.29. The second-order valence-corrected chi connectivity index (χ2v) is 5.68. The summed E-state index contributed by atoms with van der Waals surface area (Å²) in [4.78, 5) is 20.7. The maximum atomic E-state index is 9.10. The number of carbonyl (C=O) groups is 2. The molecular weight excluding hydrogens is 310 g/mol. The third kappa shape index (κ3) is 7.97. The van der Waals surface area contributed by atoms with Crippen molar-refractivity contribution in [2.24, 2.45) is 0 Å². The fourth-order valence-corrected chi connectivity index (χ4v) is 2.58. The number of aliphatic carboxylic acids is 2. The van der Waals surface area contributed by atoms with Crippen molar-refractivity contribution in [1.82, 2.24) is 4.90 Å². The van der Waals surface area contributed by atoms with Crippen LogP contribution in [0.5, 0.6) is 5.75 Å². The first-order valence-electron chi connectivity index (χ1n) is 8.43. The number of benzene rings is 1. The topological polar surface area (TPSA) is 87.1 Å². The van der Waals surface area contributed by atoms with Gasteiger partial charge in [-0.3, -0.25) is 4.90 Å². The van der Waals surface area contributed by atoms with Gasteiger partial charge in [-0.2, -0.15) is 0 Å². The smallest absolute Gasteiger partial charge is 0.414 e. The first kappa shape index (κ1) is 20.0. The van der Waals surface area contributed by atoms with Crippen LogP contribution in [0.4, 0.5) is 0 Å². The van der Waals surface area contributed by atoms with Gasteiger partial charge in [0, 0.05) is 6.54 Å². The molecule has 0 aromatic heterocycles. The summed E-state index contributed by atoms with van der Waals surface area (Å²) in [6, 6.07) is 8.38. The van der Waals surface area contributed by atoms with E-state index in [0.717, 1.165) is 25.3 Å². The van der Waals surface area contributed by atoms with Crippen molar-refractivity contribution in [3.05, 3.63) is 29.8 Å². The van der Waals surface area contributed by atoms with E-state index in [4.69, 9.17) is 24.5 Å². The number of likely N-dealkylation sites (tertiary alicyclic amines) is 1. The highest BCUT2D eigenvalue weighted by Gasteiger charge is 2.09. The van der Waals surface area contributed by atoms with Gasteiger partial charge in [0.25, 0.3) is 0 Å². The fourth-order valence-electron chi connectivity index (χ4n) is 2.58. The zero-order chi connectivity index (χ0) is 17.8. The summed E-state index contributed by atoms with van der Waals surface area (Å²) in [5, 5.41) is 14.8. The minimum absolute atomic E-state index is 0.816. The number of aryl methyl sites for hydroxylation is 1. The Morgan fingerprint density at radius 3 is 2.17 bits per heavy atom. The first-order valence-corrected chi connectivity index (χ1v) is 8.43. The molecule has 6 nitrogen and oxygen atoms in total. The molecule has 0 radical (unpaired) electrons. The monoisotopic (exact) mass is 337 g/mol. The van der Waals surface area contributed by atoms with Crippen LogP contribution in [0.2, 0.25) is 0 Å². The quantitative estimate of drug-likeness (QED) is 0.803. The Hall–Kier alpha value is -2.08. The van der Waals surface area contributed by atoms with Crippen molar-refractivity contribution in [3.63, 3.8) is 0 Å². The van der Waals surface area contributed by atoms with Crippen LogP contribution in [0.1, 0.15) is 38.2 Å². The lowest BCUT2D eigenvalue weighted by Gasteiger charge is -2.20. The fraction of sp³-hybridized carbons (Fsp3) is 0.556. The summed E-state index contributed by atoms with van der Waals surface area (Å²) in [6.07, 6.45) is 6.54. The largest absolute Gasteiger partial charge is 0.492 e. The average molecular weight is 337 g/mol. The predicted octanol–water partition coefficient (Wildman–Crippen LogP) is 2.66. The molecule has 0 saturated carbocycles. The number of hydrogen-bond donors (Lipinski definition) is 2. The van der Waals surface area contributed by atoms with Crippen LogP contribution in [0, 0.1) is 0 Å². The summed E-state index contributed by atoms with van der Waals surface area (Å²) in [7, 11) is 0. The zero-order valence-corrected chi connectivity index (χ0v) is 14.2. The molecule has 134 valence electrons. The molecule has 2 rings (SSSR count). The molecule has 0 unspecified atom stereocenters. The van der Waals surface area contributed by atoms with Gasteiger partial charge in [0.05, 0.1) is 0 Å². The molecule has 1 saturated heterocycles. The molecule has 1 aromatic rings. The van der Waals surface area contributed by atoms with E-state index in [1.165, 1.54) is 44.3 Å². The van der Waals surface area contributed by atoms with Gasteiger partial charge in [0.15, 0.2) is 0 Å². The van der Waals surface area contributed by atoms with Gasteiger partial charge >= 0.3 is 11.9 Å². The third-order valence-electron chi connectivity index (χ3n) is 3.90. The number of rotatable bonds is 5.